The van der Waals surface area contributed by atoms with Crippen molar-refractivity contribution in [3.05, 3.63) is 71.9 Å². The lowest BCUT2D eigenvalue weighted by Crippen LogP contribution is -2.00. The quantitative estimate of drug-likeness (QED) is 0.404. The molecule has 8 heteroatoms. The van der Waals surface area contributed by atoms with Crippen LogP contribution in [0.4, 0.5) is 0 Å². The highest BCUT2D eigenvalue weighted by atomic mass is 32.2. The molecular formula is C21H21N5O2S. The van der Waals surface area contributed by atoms with Crippen molar-refractivity contribution >= 4 is 11.8 Å². The predicted molar refractivity (Wildman–Crippen MR) is 111 cm³/mol. The molecule has 0 N–H and O–H groups in total. The molecule has 0 radical (unpaired) electrons. The summed E-state index contributed by atoms with van der Waals surface area (Å²) in [5.41, 5.74) is 2.12. The van der Waals surface area contributed by atoms with E-state index in [0.717, 1.165) is 34.4 Å². The molecule has 4 aromatic rings. The third-order valence-corrected chi connectivity index (χ3v) is 5.35. The van der Waals surface area contributed by atoms with Crippen LogP contribution in [0.15, 0.2) is 64.3 Å². The Kier molecular flexibility index (Phi) is 5.90. The van der Waals surface area contributed by atoms with Crippen LogP contribution in [-0.2, 0) is 18.7 Å². The number of hydrogen-bond acceptors (Lipinski definition) is 7. The second-order valence-electron chi connectivity index (χ2n) is 6.34. The van der Waals surface area contributed by atoms with Crippen LogP contribution in [0.25, 0.3) is 11.4 Å². The smallest absolute Gasteiger partial charge is 0.237 e. The molecule has 0 aliphatic carbocycles. The molecule has 2 heterocycles. The van der Waals surface area contributed by atoms with Crippen LogP contribution in [0.2, 0.25) is 0 Å². The van der Waals surface area contributed by atoms with Crippen molar-refractivity contribution < 1.29 is 9.26 Å². The first-order chi connectivity index (χ1) is 14.3. The molecule has 0 atom stereocenters. The Morgan fingerprint density at radius 1 is 1.07 bits per heavy atom. The van der Waals surface area contributed by atoms with Crippen LogP contribution in [0, 0.1) is 0 Å². The summed E-state index contributed by atoms with van der Waals surface area (Å²) in [5.74, 6) is 3.40. The van der Waals surface area contributed by atoms with E-state index in [4.69, 9.17) is 9.26 Å². The topological polar surface area (TPSA) is 78.9 Å². The van der Waals surface area contributed by atoms with E-state index < -0.39 is 0 Å². The molecule has 0 spiro atoms. The average Bonchev–Trinajstić information content (AvgIpc) is 3.39. The zero-order chi connectivity index (χ0) is 20.1. The van der Waals surface area contributed by atoms with Crippen molar-refractivity contribution in [1.82, 2.24) is 24.9 Å². The van der Waals surface area contributed by atoms with Crippen LogP contribution in [0.3, 0.4) is 0 Å². The summed E-state index contributed by atoms with van der Waals surface area (Å²) in [7, 11) is 1.65. The average molecular weight is 407 g/mol. The van der Waals surface area contributed by atoms with Gasteiger partial charge in [-0.05, 0) is 24.6 Å². The van der Waals surface area contributed by atoms with Crippen molar-refractivity contribution in [2.75, 3.05) is 7.11 Å². The van der Waals surface area contributed by atoms with E-state index >= 15 is 0 Å². The van der Waals surface area contributed by atoms with Gasteiger partial charge in [0.1, 0.15) is 5.75 Å². The number of nitrogens with zero attached hydrogens (tertiary/aromatic N) is 5. The molecule has 0 bridgehead atoms. The maximum Gasteiger partial charge on any atom is 0.237 e. The number of ether oxygens (including phenoxy) is 1. The summed E-state index contributed by atoms with van der Waals surface area (Å²) >= 11 is 1.53. The van der Waals surface area contributed by atoms with Gasteiger partial charge in [-0.2, -0.15) is 4.98 Å². The van der Waals surface area contributed by atoms with Crippen molar-refractivity contribution in [2.24, 2.45) is 0 Å². The normalized spacial score (nSPS) is 11.0. The minimum Gasteiger partial charge on any atom is -0.497 e. The second-order valence-corrected chi connectivity index (χ2v) is 7.28. The Balaban J connectivity index is 1.46. The Morgan fingerprint density at radius 3 is 2.72 bits per heavy atom. The first-order valence-corrected chi connectivity index (χ1v) is 10.3. The fraction of sp³-hybridized carbons (Fsp3) is 0.238. The Bertz CT molecular complexity index is 1080. The van der Waals surface area contributed by atoms with E-state index in [9.17, 15) is 0 Å². The maximum atomic E-state index is 5.40. The van der Waals surface area contributed by atoms with Gasteiger partial charge in [0, 0.05) is 18.5 Å². The zero-order valence-electron chi connectivity index (χ0n) is 16.3. The molecule has 7 nitrogen and oxygen atoms in total. The molecule has 0 amide bonds. The first-order valence-electron chi connectivity index (χ1n) is 9.32. The largest absolute Gasteiger partial charge is 0.497 e. The fourth-order valence-corrected chi connectivity index (χ4v) is 3.82. The SMILES string of the molecule is CCn1c(SCc2nc(Cc3ccccc3)no2)nnc1-c1cccc(OC)c1. The van der Waals surface area contributed by atoms with E-state index in [1.54, 1.807) is 7.11 Å². The number of aromatic nitrogens is 5. The second kappa shape index (κ2) is 8.91. The van der Waals surface area contributed by atoms with Gasteiger partial charge in [0.15, 0.2) is 16.8 Å². The van der Waals surface area contributed by atoms with E-state index in [-0.39, 0.29) is 0 Å². The lowest BCUT2D eigenvalue weighted by molar-refractivity contribution is 0.385. The van der Waals surface area contributed by atoms with Crippen LogP contribution in [0.5, 0.6) is 5.75 Å². The molecule has 0 aliphatic rings. The van der Waals surface area contributed by atoms with Crippen LogP contribution >= 0.6 is 11.8 Å². The van der Waals surface area contributed by atoms with Gasteiger partial charge in [-0.15, -0.1) is 10.2 Å². The standard InChI is InChI=1S/C21H21N5O2S/c1-3-26-20(16-10-7-11-17(13-16)27-2)23-24-21(26)29-14-19-22-18(25-28-19)12-15-8-5-4-6-9-15/h4-11,13H,3,12,14H2,1-2H3. The van der Waals surface area contributed by atoms with Gasteiger partial charge in [-0.1, -0.05) is 59.4 Å². The van der Waals surface area contributed by atoms with Crippen molar-refractivity contribution in [1.29, 1.82) is 0 Å². The van der Waals surface area contributed by atoms with Gasteiger partial charge < -0.3 is 13.8 Å². The number of hydrogen-bond donors (Lipinski definition) is 0. The van der Waals surface area contributed by atoms with Crippen molar-refractivity contribution in [3.63, 3.8) is 0 Å². The van der Waals surface area contributed by atoms with Gasteiger partial charge in [0.05, 0.1) is 12.9 Å². The van der Waals surface area contributed by atoms with Gasteiger partial charge in [0.25, 0.3) is 0 Å². The van der Waals surface area contributed by atoms with Gasteiger partial charge in [-0.3, -0.25) is 0 Å². The van der Waals surface area contributed by atoms with Gasteiger partial charge in [0.2, 0.25) is 5.89 Å². The maximum absolute atomic E-state index is 5.40. The van der Waals surface area contributed by atoms with E-state index in [1.807, 2.05) is 42.5 Å². The molecule has 2 aromatic carbocycles. The van der Waals surface area contributed by atoms with E-state index in [1.165, 1.54) is 11.8 Å². The van der Waals surface area contributed by atoms with Crippen molar-refractivity contribution in [2.45, 2.75) is 30.8 Å². The summed E-state index contributed by atoms with van der Waals surface area (Å²) < 4.78 is 12.8. The van der Waals surface area contributed by atoms with Crippen molar-refractivity contribution in [3.8, 4) is 17.1 Å². The summed E-state index contributed by atoms with van der Waals surface area (Å²) in [6.45, 7) is 2.83. The summed E-state index contributed by atoms with van der Waals surface area (Å²) in [6, 6.07) is 17.9. The minimum atomic E-state index is 0.540. The Morgan fingerprint density at radius 2 is 1.93 bits per heavy atom. The Labute approximate surface area is 173 Å². The highest BCUT2D eigenvalue weighted by Crippen LogP contribution is 2.28. The van der Waals surface area contributed by atoms with Gasteiger partial charge >= 0.3 is 0 Å². The minimum absolute atomic E-state index is 0.540. The molecule has 0 fully saturated rings. The molecular weight excluding hydrogens is 386 g/mol. The molecule has 0 saturated heterocycles. The zero-order valence-corrected chi connectivity index (χ0v) is 17.1. The van der Waals surface area contributed by atoms with Gasteiger partial charge in [-0.25, -0.2) is 0 Å². The third-order valence-electron chi connectivity index (χ3n) is 4.40. The highest BCUT2D eigenvalue weighted by molar-refractivity contribution is 7.98. The number of methoxy groups -OCH3 is 1. The number of benzene rings is 2. The molecule has 4 rings (SSSR count). The molecule has 0 unspecified atom stereocenters. The molecule has 29 heavy (non-hydrogen) atoms. The lowest BCUT2D eigenvalue weighted by atomic mass is 10.1. The molecule has 0 saturated carbocycles. The third kappa shape index (κ3) is 4.48. The molecule has 0 aliphatic heterocycles. The molecule has 148 valence electrons. The van der Waals surface area contributed by atoms with E-state index in [2.05, 4.69) is 44.0 Å². The summed E-state index contributed by atoms with van der Waals surface area (Å²) in [5, 5.41) is 13.6. The van der Waals surface area contributed by atoms with Crippen LogP contribution in [0.1, 0.15) is 24.2 Å². The lowest BCUT2D eigenvalue weighted by Gasteiger charge is -2.07. The summed E-state index contributed by atoms with van der Waals surface area (Å²) in [4.78, 5) is 4.49. The number of thioether (sulfide) groups is 1. The van der Waals surface area contributed by atoms with Crippen LogP contribution in [-0.4, -0.2) is 32.0 Å². The molecule has 2 aromatic heterocycles. The van der Waals surface area contributed by atoms with E-state index in [0.29, 0.717) is 23.9 Å². The summed E-state index contributed by atoms with van der Waals surface area (Å²) in [6.07, 6.45) is 0.653. The van der Waals surface area contributed by atoms with Crippen LogP contribution < -0.4 is 4.74 Å². The number of rotatable bonds is 8. The predicted octanol–water partition coefficient (Wildman–Crippen LogP) is 4.24. The Hall–Kier alpha value is -3.13. The highest BCUT2D eigenvalue weighted by Gasteiger charge is 2.15. The fourth-order valence-electron chi connectivity index (χ4n) is 2.98. The first kappa shape index (κ1) is 19.2. The monoisotopic (exact) mass is 407 g/mol.